The van der Waals surface area contributed by atoms with E-state index in [-0.39, 0.29) is 11.9 Å². The fourth-order valence-corrected chi connectivity index (χ4v) is 2.58. The number of nitrogens with one attached hydrogen (secondary N) is 1. The number of amides is 1. The molecular weight excluding hydrogens is 286 g/mol. The van der Waals surface area contributed by atoms with Crippen molar-refractivity contribution in [1.29, 1.82) is 0 Å². The van der Waals surface area contributed by atoms with Crippen molar-refractivity contribution in [3.8, 4) is 11.5 Å². The van der Waals surface area contributed by atoms with Crippen LogP contribution in [0.4, 0.5) is 0 Å². The Kier molecular flexibility index (Phi) is 5.79. The minimum atomic E-state index is 0.0633. The summed E-state index contributed by atoms with van der Waals surface area (Å²) in [4.78, 5) is 12.9. The van der Waals surface area contributed by atoms with E-state index < -0.39 is 0 Å². The van der Waals surface area contributed by atoms with Gasteiger partial charge in [-0.2, -0.15) is 0 Å². The Morgan fingerprint density at radius 2 is 1.95 bits per heavy atom. The molecule has 0 aromatic heterocycles. The molecule has 1 atom stereocenters. The Labute approximate surface area is 130 Å². The maximum atomic E-state index is 11.9. The number of carbonyl (C=O) groups excluding carboxylic acids is 1. The number of hydrogen-bond acceptors (Lipinski definition) is 4. The number of hydrogen-bond donors (Lipinski definition) is 1. The second-order valence-corrected chi connectivity index (χ2v) is 6.60. The summed E-state index contributed by atoms with van der Waals surface area (Å²) in [5.41, 5.74) is 0. The molecule has 2 rings (SSSR count). The predicted octanol–water partition coefficient (Wildman–Crippen LogP) is 3.10. The monoisotopic (exact) mass is 309 g/mol. The van der Waals surface area contributed by atoms with E-state index in [1.165, 1.54) is 11.8 Å². The van der Waals surface area contributed by atoms with Gasteiger partial charge >= 0.3 is 0 Å². The van der Waals surface area contributed by atoms with Gasteiger partial charge in [-0.05, 0) is 31.0 Å². The zero-order valence-electron chi connectivity index (χ0n) is 12.8. The van der Waals surface area contributed by atoms with Crippen LogP contribution in [-0.2, 0) is 4.79 Å². The van der Waals surface area contributed by atoms with E-state index in [4.69, 9.17) is 9.47 Å². The van der Waals surface area contributed by atoms with Gasteiger partial charge in [0, 0.05) is 17.4 Å². The Balaban J connectivity index is 1.89. The van der Waals surface area contributed by atoms with Crippen LogP contribution in [0.2, 0.25) is 0 Å². The van der Waals surface area contributed by atoms with Crippen LogP contribution in [0.3, 0.4) is 0 Å². The molecule has 4 nitrogen and oxygen atoms in total. The van der Waals surface area contributed by atoms with Gasteiger partial charge in [-0.15, -0.1) is 11.8 Å². The number of rotatable bonds is 5. The molecule has 1 aromatic carbocycles. The third kappa shape index (κ3) is 4.84. The smallest absolute Gasteiger partial charge is 0.230 e. The van der Waals surface area contributed by atoms with E-state index in [9.17, 15) is 4.79 Å². The normalized spacial score (nSPS) is 15.4. The second-order valence-electron chi connectivity index (χ2n) is 5.55. The van der Waals surface area contributed by atoms with Crippen molar-refractivity contribution in [2.45, 2.75) is 38.1 Å². The Morgan fingerprint density at radius 3 is 2.67 bits per heavy atom. The maximum Gasteiger partial charge on any atom is 0.230 e. The number of fused-ring (bicyclic) bond motifs is 1. The lowest BCUT2D eigenvalue weighted by Gasteiger charge is -2.17. The predicted molar refractivity (Wildman–Crippen MR) is 85.2 cm³/mol. The summed E-state index contributed by atoms with van der Waals surface area (Å²) in [7, 11) is 0. The van der Waals surface area contributed by atoms with Crippen LogP contribution in [0, 0.1) is 5.92 Å². The molecule has 1 amide bonds. The quantitative estimate of drug-likeness (QED) is 0.849. The number of thioether (sulfide) groups is 1. The van der Waals surface area contributed by atoms with Gasteiger partial charge in [-0.1, -0.05) is 13.8 Å². The Hall–Kier alpha value is -1.36. The molecule has 1 aliphatic rings. The highest BCUT2D eigenvalue weighted by atomic mass is 32.2. The first-order valence-corrected chi connectivity index (χ1v) is 8.36. The van der Waals surface area contributed by atoms with E-state index >= 15 is 0 Å². The molecule has 116 valence electrons. The van der Waals surface area contributed by atoms with E-state index in [0.717, 1.165) is 22.8 Å². The lowest BCUT2D eigenvalue weighted by molar-refractivity contribution is -0.119. The molecule has 1 unspecified atom stereocenters. The number of carbonyl (C=O) groups is 1. The molecule has 0 aliphatic carbocycles. The lowest BCUT2D eigenvalue weighted by atomic mass is 10.1. The van der Waals surface area contributed by atoms with Gasteiger partial charge in [0.15, 0.2) is 11.5 Å². The summed E-state index contributed by atoms with van der Waals surface area (Å²) in [6, 6.07) is 6.03. The number of ether oxygens (including phenoxy) is 2. The van der Waals surface area contributed by atoms with Crippen molar-refractivity contribution >= 4 is 17.7 Å². The molecule has 0 fully saturated rings. The van der Waals surface area contributed by atoms with Crippen molar-refractivity contribution in [2.24, 2.45) is 5.92 Å². The number of benzene rings is 1. The molecule has 0 radical (unpaired) electrons. The molecule has 0 bridgehead atoms. The molecule has 21 heavy (non-hydrogen) atoms. The molecule has 0 spiro atoms. The van der Waals surface area contributed by atoms with Crippen molar-refractivity contribution in [2.75, 3.05) is 19.0 Å². The molecule has 1 aromatic rings. The van der Waals surface area contributed by atoms with Gasteiger partial charge in [0.1, 0.15) is 0 Å². The van der Waals surface area contributed by atoms with Crippen molar-refractivity contribution in [3.63, 3.8) is 0 Å². The van der Waals surface area contributed by atoms with Gasteiger partial charge in [0.05, 0.1) is 19.0 Å². The van der Waals surface area contributed by atoms with Crippen molar-refractivity contribution < 1.29 is 14.3 Å². The summed E-state index contributed by atoms with van der Waals surface area (Å²) in [6.07, 6.45) is 0.895. The summed E-state index contributed by atoms with van der Waals surface area (Å²) in [5, 5.41) is 3.01. The van der Waals surface area contributed by atoms with Gasteiger partial charge in [-0.25, -0.2) is 0 Å². The molecule has 1 heterocycles. The Bertz CT molecular complexity index is 490. The fourth-order valence-electron chi connectivity index (χ4n) is 1.84. The third-order valence-electron chi connectivity index (χ3n) is 3.48. The first kappa shape index (κ1) is 16.0. The van der Waals surface area contributed by atoms with Crippen molar-refractivity contribution in [1.82, 2.24) is 5.32 Å². The van der Waals surface area contributed by atoms with Crippen LogP contribution >= 0.6 is 11.8 Å². The highest BCUT2D eigenvalue weighted by Crippen LogP contribution is 2.33. The fraction of sp³-hybridized carbons (Fsp3) is 0.562. The first-order valence-electron chi connectivity index (χ1n) is 7.38. The van der Waals surface area contributed by atoms with Gasteiger partial charge in [0.25, 0.3) is 0 Å². The zero-order chi connectivity index (χ0) is 15.2. The van der Waals surface area contributed by atoms with E-state index in [1.54, 1.807) is 0 Å². The lowest BCUT2D eigenvalue weighted by Crippen LogP contribution is -2.37. The van der Waals surface area contributed by atoms with Crippen LogP contribution in [-0.4, -0.2) is 30.9 Å². The molecular formula is C16H23NO3S. The molecule has 1 aliphatic heterocycles. The van der Waals surface area contributed by atoms with Crippen LogP contribution in [0.25, 0.3) is 0 Å². The standard InChI is InChI=1S/C16H23NO3S/c1-11(2)12(3)17-16(18)10-21-13-5-6-14-15(9-13)20-8-4-7-19-14/h5-6,9,11-12H,4,7-8,10H2,1-3H3,(H,17,18). The van der Waals surface area contributed by atoms with Gasteiger partial charge in [-0.3, -0.25) is 4.79 Å². The van der Waals surface area contributed by atoms with E-state index in [2.05, 4.69) is 19.2 Å². The van der Waals surface area contributed by atoms with E-state index in [0.29, 0.717) is 24.9 Å². The molecule has 5 heteroatoms. The highest BCUT2D eigenvalue weighted by Gasteiger charge is 2.13. The van der Waals surface area contributed by atoms with Crippen LogP contribution in [0.5, 0.6) is 11.5 Å². The molecule has 1 N–H and O–H groups in total. The third-order valence-corrected chi connectivity index (χ3v) is 4.47. The van der Waals surface area contributed by atoms with Gasteiger partial charge < -0.3 is 14.8 Å². The largest absolute Gasteiger partial charge is 0.490 e. The maximum absolute atomic E-state index is 11.9. The van der Waals surface area contributed by atoms with Crippen LogP contribution < -0.4 is 14.8 Å². The second kappa shape index (κ2) is 7.59. The van der Waals surface area contributed by atoms with Crippen molar-refractivity contribution in [3.05, 3.63) is 18.2 Å². The summed E-state index contributed by atoms with van der Waals surface area (Å²) < 4.78 is 11.2. The summed E-state index contributed by atoms with van der Waals surface area (Å²) >= 11 is 1.51. The minimum Gasteiger partial charge on any atom is -0.490 e. The van der Waals surface area contributed by atoms with Crippen LogP contribution in [0.15, 0.2) is 23.1 Å². The SMILES string of the molecule is CC(C)C(C)NC(=O)CSc1ccc2c(c1)OCCCO2. The summed E-state index contributed by atoms with van der Waals surface area (Å²) in [5.74, 6) is 2.48. The average Bonchev–Trinajstić information content (AvgIpc) is 2.69. The molecule has 0 saturated carbocycles. The van der Waals surface area contributed by atoms with E-state index in [1.807, 2.05) is 25.1 Å². The van der Waals surface area contributed by atoms with Crippen LogP contribution in [0.1, 0.15) is 27.2 Å². The van der Waals surface area contributed by atoms with Gasteiger partial charge in [0.2, 0.25) is 5.91 Å². The average molecular weight is 309 g/mol. The zero-order valence-corrected chi connectivity index (χ0v) is 13.7. The molecule has 0 saturated heterocycles. The Morgan fingerprint density at radius 1 is 1.24 bits per heavy atom. The summed E-state index contributed by atoms with van der Waals surface area (Å²) in [6.45, 7) is 7.59. The topological polar surface area (TPSA) is 47.6 Å². The first-order chi connectivity index (χ1) is 10.1. The minimum absolute atomic E-state index is 0.0633. The highest BCUT2D eigenvalue weighted by molar-refractivity contribution is 8.00.